The van der Waals surface area contributed by atoms with Crippen molar-refractivity contribution >= 4 is 23.3 Å². The number of carbonyl (C=O) groups is 1. The monoisotopic (exact) mass is 292 g/mol. The number of hydrogen-bond donors (Lipinski definition) is 2. The lowest BCUT2D eigenvalue weighted by atomic mass is 9.77. The Morgan fingerprint density at radius 3 is 2.70 bits per heavy atom. The second-order valence-electron chi connectivity index (χ2n) is 5.50. The zero-order chi connectivity index (χ0) is 14.8. The van der Waals surface area contributed by atoms with Gasteiger partial charge in [0.2, 0.25) is 0 Å². The molecular weight excluding hydrogens is 276 g/mol. The highest BCUT2D eigenvalue weighted by atomic mass is 35.5. The normalized spacial score (nSPS) is 25.8. The number of nitriles is 1. The maximum absolute atomic E-state index is 11.7. The van der Waals surface area contributed by atoms with Gasteiger partial charge in [-0.2, -0.15) is 5.26 Å². The van der Waals surface area contributed by atoms with Crippen LogP contribution in [0.2, 0.25) is 5.02 Å². The molecule has 1 aliphatic rings. The molecule has 0 aliphatic heterocycles. The highest BCUT2D eigenvalue weighted by Gasteiger charge is 2.41. The van der Waals surface area contributed by atoms with Crippen LogP contribution in [0.5, 0.6) is 0 Å². The molecule has 0 bridgehead atoms. The van der Waals surface area contributed by atoms with Crippen molar-refractivity contribution in [3.63, 3.8) is 0 Å². The van der Waals surface area contributed by atoms with Gasteiger partial charge in [-0.3, -0.25) is 0 Å². The van der Waals surface area contributed by atoms with Crippen molar-refractivity contribution < 1.29 is 9.90 Å². The molecule has 0 atom stereocenters. The summed E-state index contributed by atoms with van der Waals surface area (Å²) in [6.45, 7) is 2.13. The van der Waals surface area contributed by atoms with Crippen molar-refractivity contribution in [2.45, 2.75) is 38.1 Å². The quantitative estimate of drug-likeness (QED) is 0.892. The van der Waals surface area contributed by atoms with Crippen molar-refractivity contribution in [1.29, 1.82) is 5.26 Å². The molecule has 0 saturated heterocycles. The SMILES string of the molecule is CC1CCC(Nc2cc(Cl)ccc2C#N)(C(=O)O)CC1. The van der Waals surface area contributed by atoms with Gasteiger partial charge in [0.1, 0.15) is 11.6 Å². The molecule has 1 aromatic carbocycles. The van der Waals surface area contributed by atoms with Crippen molar-refractivity contribution in [3.8, 4) is 6.07 Å². The molecule has 0 spiro atoms. The lowest BCUT2D eigenvalue weighted by Gasteiger charge is -2.37. The van der Waals surface area contributed by atoms with Crippen LogP contribution in [0, 0.1) is 17.2 Å². The summed E-state index contributed by atoms with van der Waals surface area (Å²) in [6, 6.07) is 6.91. The second-order valence-corrected chi connectivity index (χ2v) is 5.93. The molecule has 0 unspecified atom stereocenters. The van der Waals surface area contributed by atoms with E-state index in [2.05, 4.69) is 18.3 Å². The molecule has 2 N–H and O–H groups in total. The van der Waals surface area contributed by atoms with Gasteiger partial charge >= 0.3 is 5.97 Å². The third-order valence-corrected chi connectivity index (χ3v) is 4.25. The first-order valence-corrected chi connectivity index (χ1v) is 7.06. The smallest absolute Gasteiger partial charge is 0.329 e. The van der Waals surface area contributed by atoms with Gasteiger partial charge < -0.3 is 10.4 Å². The predicted molar refractivity (Wildman–Crippen MR) is 77.8 cm³/mol. The summed E-state index contributed by atoms with van der Waals surface area (Å²) in [4.78, 5) is 11.7. The van der Waals surface area contributed by atoms with Crippen LogP contribution in [-0.2, 0) is 4.79 Å². The molecule has 5 heteroatoms. The first-order valence-electron chi connectivity index (χ1n) is 6.68. The molecule has 4 nitrogen and oxygen atoms in total. The molecule has 0 heterocycles. The highest BCUT2D eigenvalue weighted by Crippen LogP contribution is 2.36. The first kappa shape index (κ1) is 14.7. The zero-order valence-electron chi connectivity index (χ0n) is 11.3. The molecule has 20 heavy (non-hydrogen) atoms. The van der Waals surface area contributed by atoms with E-state index in [4.69, 9.17) is 16.9 Å². The molecule has 2 rings (SSSR count). The average molecular weight is 293 g/mol. The van der Waals surface area contributed by atoms with Gasteiger partial charge in [-0.15, -0.1) is 0 Å². The van der Waals surface area contributed by atoms with Crippen LogP contribution in [0.4, 0.5) is 5.69 Å². The van der Waals surface area contributed by atoms with Gasteiger partial charge in [0, 0.05) is 5.02 Å². The Bertz CT molecular complexity index is 557. The maximum Gasteiger partial charge on any atom is 0.329 e. The standard InChI is InChI=1S/C15H17ClN2O2/c1-10-4-6-15(7-5-10,14(19)20)18-13-8-12(16)3-2-11(13)9-17/h2-3,8,10,18H,4-7H2,1H3,(H,19,20). The van der Waals surface area contributed by atoms with E-state index in [0.717, 1.165) is 12.8 Å². The van der Waals surface area contributed by atoms with Crippen LogP contribution < -0.4 is 5.32 Å². The Kier molecular flexibility index (Phi) is 4.20. The number of anilines is 1. The van der Waals surface area contributed by atoms with E-state index in [1.54, 1.807) is 18.2 Å². The van der Waals surface area contributed by atoms with Crippen LogP contribution in [0.25, 0.3) is 0 Å². The fourth-order valence-corrected chi connectivity index (χ4v) is 2.79. The number of benzene rings is 1. The summed E-state index contributed by atoms with van der Waals surface area (Å²) in [6.07, 6.45) is 2.84. The zero-order valence-corrected chi connectivity index (χ0v) is 12.1. The molecule has 0 aromatic heterocycles. The number of hydrogen-bond acceptors (Lipinski definition) is 3. The minimum absolute atomic E-state index is 0.411. The van der Waals surface area contributed by atoms with Crippen LogP contribution in [-0.4, -0.2) is 16.6 Å². The van der Waals surface area contributed by atoms with Crippen LogP contribution in [0.15, 0.2) is 18.2 Å². The van der Waals surface area contributed by atoms with Crippen molar-refractivity contribution in [1.82, 2.24) is 0 Å². The number of nitrogens with one attached hydrogen (secondary N) is 1. The molecule has 1 aromatic rings. The molecule has 0 radical (unpaired) electrons. The highest BCUT2D eigenvalue weighted by molar-refractivity contribution is 6.30. The predicted octanol–water partition coefficient (Wildman–Crippen LogP) is 3.66. The Balaban J connectivity index is 2.32. The molecular formula is C15H17ClN2O2. The van der Waals surface area contributed by atoms with Gasteiger partial charge in [-0.05, 0) is 49.8 Å². The number of halogens is 1. The fraction of sp³-hybridized carbons (Fsp3) is 0.467. The van der Waals surface area contributed by atoms with E-state index < -0.39 is 11.5 Å². The molecule has 1 aliphatic carbocycles. The fourth-order valence-electron chi connectivity index (χ4n) is 2.62. The molecule has 1 saturated carbocycles. The number of carboxylic acid groups (broad SMARTS) is 1. The third-order valence-electron chi connectivity index (χ3n) is 4.01. The number of aliphatic carboxylic acids is 1. The summed E-state index contributed by atoms with van der Waals surface area (Å²) in [5.41, 5.74) is -0.0893. The summed E-state index contributed by atoms with van der Waals surface area (Å²) >= 11 is 5.94. The molecule has 106 valence electrons. The van der Waals surface area contributed by atoms with E-state index in [0.29, 0.717) is 35.0 Å². The Morgan fingerprint density at radius 2 is 2.15 bits per heavy atom. The van der Waals surface area contributed by atoms with Gasteiger partial charge in [-0.25, -0.2) is 4.79 Å². The van der Waals surface area contributed by atoms with Crippen molar-refractivity contribution in [2.24, 2.45) is 5.92 Å². The summed E-state index contributed by atoms with van der Waals surface area (Å²) in [5.74, 6) is -0.327. The van der Waals surface area contributed by atoms with E-state index in [-0.39, 0.29) is 0 Å². The number of nitrogens with zero attached hydrogens (tertiary/aromatic N) is 1. The van der Waals surface area contributed by atoms with Crippen molar-refractivity contribution in [2.75, 3.05) is 5.32 Å². The van der Waals surface area contributed by atoms with E-state index in [1.165, 1.54) is 0 Å². The van der Waals surface area contributed by atoms with E-state index in [9.17, 15) is 9.90 Å². The Hall–Kier alpha value is -1.73. The average Bonchev–Trinajstić information content (AvgIpc) is 2.41. The second kappa shape index (κ2) is 5.72. The van der Waals surface area contributed by atoms with E-state index >= 15 is 0 Å². The lowest BCUT2D eigenvalue weighted by Crippen LogP contribution is -2.49. The van der Waals surface area contributed by atoms with Crippen LogP contribution in [0.3, 0.4) is 0 Å². The lowest BCUT2D eigenvalue weighted by molar-refractivity contribution is -0.143. The molecule has 1 fully saturated rings. The Morgan fingerprint density at radius 1 is 1.50 bits per heavy atom. The van der Waals surface area contributed by atoms with Crippen molar-refractivity contribution in [3.05, 3.63) is 28.8 Å². The minimum atomic E-state index is -0.997. The number of rotatable bonds is 3. The summed E-state index contributed by atoms with van der Waals surface area (Å²) in [5, 5.41) is 22.3. The van der Waals surface area contributed by atoms with Crippen LogP contribution >= 0.6 is 11.6 Å². The third kappa shape index (κ3) is 2.88. The maximum atomic E-state index is 11.7. The minimum Gasteiger partial charge on any atom is -0.480 e. The summed E-state index contributed by atoms with van der Waals surface area (Å²) in [7, 11) is 0. The van der Waals surface area contributed by atoms with Gasteiger partial charge in [-0.1, -0.05) is 18.5 Å². The molecule has 0 amide bonds. The first-order chi connectivity index (χ1) is 9.47. The largest absolute Gasteiger partial charge is 0.480 e. The number of carboxylic acids is 1. The van der Waals surface area contributed by atoms with Crippen LogP contribution in [0.1, 0.15) is 38.2 Å². The topological polar surface area (TPSA) is 73.1 Å². The van der Waals surface area contributed by atoms with E-state index in [1.807, 2.05) is 0 Å². The van der Waals surface area contributed by atoms with Gasteiger partial charge in [0.15, 0.2) is 0 Å². The summed E-state index contributed by atoms with van der Waals surface area (Å²) < 4.78 is 0. The van der Waals surface area contributed by atoms with Gasteiger partial charge in [0.25, 0.3) is 0 Å². The Labute approximate surface area is 123 Å². The van der Waals surface area contributed by atoms with Gasteiger partial charge in [0.05, 0.1) is 11.3 Å².